The molecule has 168 valence electrons. The van der Waals surface area contributed by atoms with Gasteiger partial charge in [-0.15, -0.1) is 0 Å². The first-order valence-corrected chi connectivity index (χ1v) is 11.9. The van der Waals surface area contributed by atoms with Crippen LogP contribution < -0.4 is 15.0 Å². The first-order chi connectivity index (χ1) is 15.5. The van der Waals surface area contributed by atoms with Crippen LogP contribution in [0.1, 0.15) is 63.3 Å². The first-order valence-electron chi connectivity index (χ1n) is 11.1. The number of hydrogen-bond donors (Lipinski definition) is 0. The molecule has 4 rings (SSSR count). The number of ether oxygens (including phenoxy) is 2. The molecule has 1 aromatic heterocycles. The minimum Gasteiger partial charge on any atom is -0.493 e. The Morgan fingerprint density at radius 1 is 1.12 bits per heavy atom. The summed E-state index contributed by atoms with van der Waals surface area (Å²) in [4.78, 5) is 18.3. The Balaban J connectivity index is 1.78. The molecule has 0 N–H and O–H groups in total. The molecule has 0 bridgehead atoms. The molecule has 6 nitrogen and oxygen atoms in total. The zero-order valence-corrected chi connectivity index (χ0v) is 20.3. The van der Waals surface area contributed by atoms with E-state index in [2.05, 4.69) is 21.0 Å². The van der Waals surface area contributed by atoms with E-state index in [1.807, 2.05) is 50.2 Å². The third-order valence-corrected chi connectivity index (χ3v) is 6.17. The maximum Gasteiger partial charge on any atom is 0.282 e. The molecular weight excluding hydrogens is 470 g/mol. The van der Waals surface area contributed by atoms with Gasteiger partial charge in [0.1, 0.15) is 5.82 Å². The quantitative estimate of drug-likeness (QED) is 0.398. The lowest BCUT2D eigenvalue weighted by molar-refractivity contribution is 0.230. The third-order valence-electron chi connectivity index (χ3n) is 5.68. The number of halogens is 1. The largest absolute Gasteiger partial charge is 0.493 e. The monoisotopic (exact) mass is 497 g/mol. The van der Waals surface area contributed by atoms with Gasteiger partial charge in [-0.1, -0.05) is 35.2 Å². The lowest BCUT2D eigenvalue weighted by atomic mass is 9.88. The van der Waals surface area contributed by atoms with E-state index in [9.17, 15) is 4.79 Å². The second-order valence-corrected chi connectivity index (χ2v) is 9.32. The van der Waals surface area contributed by atoms with Crippen molar-refractivity contribution in [3.8, 4) is 11.5 Å². The van der Waals surface area contributed by atoms with Gasteiger partial charge in [-0.05, 0) is 68.7 Å². The van der Waals surface area contributed by atoms with Gasteiger partial charge in [-0.25, -0.2) is 4.98 Å². The molecule has 0 radical (unpaired) electrons. The molecule has 1 fully saturated rings. The molecule has 7 heteroatoms. The molecule has 0 aliphatic heterocycles. The molecule has 0 spiro atoms. The summed E-state index contributed by atoms with van der Waals surface area (Å²) in [5, 5.41) is 5.15. The van der Waals surface area contributed by atoms with Crippen LogP contribution in [0.15, 0.2) is 50.8 Å². The number of nitrogens with zero attached hydrogens (tertiary/aromatic N) is 3. The fourth-order valence-corrected chi connectivity index (χ4v) is 4.50. The molecule has 32 heavy (non-hydrogen) atoms. The van der Waals surface area contributed by atoms with Crippen LogP contribution >= 0.6 is 15.9 Å². The number of benzene rings is 2. The summed E-state index contributed by atoms with van der Waals surface area (Å²) >= 11 is 3.46. The molecule has 2 aromatic carbocycles. The van der Waals surface area contributed by atoms with Gasteiger partial charge < -0.3 is 9.47 Å². The van der Waals surface area contributed by atoms with E-state index in [0.29, 0.717) is 22.4 Å². The van der Waals surface area contributed by atoms with E-state index in [-0.39, 0.29) is 17.6 Å². The molecule has 0 unspecified atom stereocenters. The molecule has 1 saturated carbocycles. The van der Waals surface area contributed by atoms with Crippen molar-refractivity contribution in [3.63, 3.8) is 0 Å². The number of methoxy groups -OCH3 is 1. The molecule has 0 atom stereocenters. The SMILES string of the molecule is COc1cc(C=Nn2c(C3CCCCC3)nc3ccc(Br)cc3c2=O)ccc1OC(C)C. The van der Waals surface area contributed by atoms with Crippen molar-refractivity contribution in [1.29, 1.82) is 0 Å². The summed E-state index contributed by atoms with van der Waals surface area (Å²) in [6, 6.07) is 11.2. The zero-order valence-electron chi connectivity index (χ0n) is 18.7. The fourth-order valence-electron chi connectivity index (χ4n) is 4.14. The normalized spacial score (nSPS) is 15.0. The topological polar surface area (TPSA) is 65.7 Å². The van der Waals surface area contributed by atoms with Crippen LogP contribution in [-0.4, -0.2) is 29.1 Å². The third kappa shape index (κ3) is 4.88. The standard InChI is InChI=1S/C25H28BrN3O3/c1-16(2)32-22-12-9-17(13-23(22)31-3)15-27-29-24(18-7-5-4-6-8-18)28-21-11-10-19(26)14-20(21)25(29)30/h9-16,18H,4-8H2,1-3H3. The average Bonchev–Trinajstić information content (AvgIpc) is 2.79. The molecule has 1 aliphatic carbocycles. The molecule has 0 saturated heterocycles. The minimum atomic E-state index is -0.153. The Kier molecular flexibility index (Phi) is 6.94. The van der Waals surface area contributed by atoms with Crippen molar-refractivity contribution >= 4 is 33.0 Å². The van der Waals surface area contributed by atoms with Gasteiger partial charge in [0.2, 0.25) is 0 Å². The van der Waals surface area contributed by atoms with Crippen LogP contribution in [0.5, 0.6) is 11.5 Å². The van der Waals surface area contributed by atoms with Crippen molar-refractivity contribution in [1.82, 2.24) is 9.66 Å². The Morgan fingerprint density at radius 3 is 2.62 bits per heavy atom. The van der Waals surface area contributed by atoms with Crippen LogP contribution in [0.4, 0.5) is 0 Å². The highest BCUT2D eigenvalue weighted by Crippen LogP contribution is 2.32. The van der Waals surface area contributed by atoms with E-state index in [1.54, 1.807) is 13.3 Å². The van der Waals surface area contributed by atoms with Crippen LogP contribution in [0.2, 0.25) is 0 Å². The van der Waals surface area contributed by atoms with E-state index in [1.165, 1.54) is 11.1 Å². The maximum absolute atomic E-state index is 13.4. The summed E-state index contributed by atoms with van der Waals surface area (Å²) in [6.07, 6.45) is 7.31. The Hall–Kier alpha value is -2.67. The highest BCUT2D eigenvalue weighted by molar-refractivity contribution is 9.10. The average molecular weight is 498 g/mol. The number of fused-ring (bicyclic) bond motifs is 1. The van der Waals surface area contributed by atoms with Gasteiger partial charge in [-0.2, -0.15) is 9.78 Å². The van der Waals surface area contributed by atoms with E-state index >= 15 is 0 Å². The van der Waals surface area contributed by atoms with Crippen molar-refractivity contribution in [3.05, 3.63) is 62.6 Å². The van der Waals surface area contributed by atoms with E-state index in [4.69, 9.17) is 14.5 Å². The lowest BCUT2D eigenvalue weighted by Gasteiger charge is -2.22. The van der Waals surface area contributed by atoms with Crippen molar-refractivity contribution in [2.45, 2.75) is 58.0 Å². The van der Waals surface area contributed by atoms with Gasteiger partial charge in [0, 0.05) is 10.4 Å². The Bertz CT molecular complexity index is 1200. The van der Waals surface area contributed by atoms with E-state index in [0.717, 1.165) is 41.5 Å². The van der Waals surface area contributed by atoms with Gasteiger partial charge in [-0.3, -0.25) is 4.79 Å². The van der Waals surface area contributed by atoms with E-state index < -0.39 is 0 Å². The maximum atomic E-state index is 13.4. The Labute approximate surface area is 196 Å². The molecule has 1 aliphatic rings. The van der Waals surface area contributed by atoms with Crippen LogP contribution in [0.25, 0.3) is 10.9 Å². The van der Waals surface area contributed by atoms with Crippen LogP contribution in [-0.2, 0) is 0 Å². The second kappa shape index (κ2) is 9.86. The smallest absolute Gasteiger partial charge is 0.282 e. The second-order valence-electron chi connectivity index (χ2n) is 8.40. The number of rotatable bonds is 6. The lowest BCUT2D eigenvalue weighted by Crippen LogP contribution is -2.25. The molecule has 3 aromatic rings. The van der Waals surface area contributed by atoms with Gasteiger partial charge in [0.05, 0.1) is 30.3 Å². The first kappa shape index (κ1) is 22.5. The van der Waals surface area contributed by atoms with Gasteiger partial charge >= 0.3 is 0 Å². The fraction of sp³-hybridized carbons (Fsp3) is 0.400. The van der Waals surface area contributed by atoms with Crippen LogP contribution in [0, 0.1) is 0 Å². The van der Waals surface area contributed by atoms with Crippen molar-refractivity contribution in [2.24, 2.45) is 5.10 Å². The summed E-state index contributed by atoms with van der Waals surface area (Å²) < 4.78 is 13.6. The van der Waals surface area contributed by atoms with Gasteiger partial charge in [0.15, 0.2) is 11.5 Å². The minimum absolute atomic E-state index is 0.0445. The molecular formula is C25H28BrN3O3. The number of aromatic nitrogens is 2. The summed E-state index contributed by atoms with van der Waals surface area (Å²) in [7, 11) is 1.61. The summed E-state index contributed by atoms with van der Waals surface area (Å²) in [6.45, 7) is 3.94. The highest BCUT2D eigenvalue weighted by atomic mass is 79.9. The zero-order chi connectivity index (χ0) is 22.7. The molecule has 0 amide bonds. The summed E-state index contributed by atoms with van der Waals surface area (Å²) in [5.41, 5.74) is 1.37. The Morgan fingerprint density at radius 2 is 1.91 bits per heavy atom. The highest BCUT2D eigenvalue weighted by Gasteiger charge is 2.22. The van der Waals surface area contributed by atoms with Crippen LogP contribution in [0.3, 0.4) is 0 Å². The predicted molar refractivity (Wildman–Crippen MR) is 131 cm³/mol. The summed E-state index contributed by atoms with van der Waals surface area (Å²) in [5.74, 6) is 2.28. The molecule has 1 heterocycles. The van der Waals surface area contributed by atoms with Crippen molar-refractivity contribution in [2.75, 3.05) is 7.11 Å². The predicted octanol–water partition coefficient (Wildman–Crippen LogP) is 5.88. The van der Waals surface area contributed by atoms with Crippen molar-refractivity contribution < 1.29 is 9.47 Å². The number of hydrogen-bond acceptors (Lipinski definition) is 5. The van der Waals surface area contributed by atoms with Gasteiger partial charge in [0.25, 0.3) is 5.56 Å².